The fourth-order valence-electron chi connectivity index (χ4n) is 4.90. The number of hydrogen-bond acceptors (Lipinski definition) is 10. The van der Waals surface area contributed by atoms with Gasteiger partial charge in [0.25, 0.3) is 5.56 Å². The zero-order chi connectivity index (χ0) is 40.4. The van der Waals surface area contributed by atoms with Gasteiger partial charge in [0.05, 0.1) is 35.9 Å². The number of nitrogens with zero attached hydrogens (tertiary/aromatic N) is 7. The van der Waals surface area contributed by atoms with Crippen molar-refractivity contribution in [1.82, 2.24) is 29.5 Å². The van der Waals surface area contributed by atoms with Crippen LogP contribution in [0.3, 0.4) is 0 Å². The molecule has 23 heteroatoms. The monoisotopic (exact) mass is 938 g/mol. The molecule has 0 radical (unpaired) electrons. The Bertz CT molecular complexity index is 2440. The maximum Gasteiger partial charge on any atom is 1.00 e. The first-order chi connectivity index (χ1) is 26.2. The number of nitriles is 2. The number of rotatable bonds is 6. The second-order valence-electron chi connectivity index (χ2n) is 10.8. The smallest absolute Gasteiger partial charge is 0.870 e. The minimum Gasteiger partial charge on any atom is -0.870 e. The molecule has 0 saturated carbocycles. The average Bonchev–Trinajstić information content (AvgIpc) is 3.13. The Morgan fingerprint density at radius 3 is 1.39 bits per heavy atom. The molecule has 4 aromatic carbocycles. The van der Waals surface area contributed by atoms with Crippen LogP contribution in [0.25, 0.3) is 11.4 Å². The third-order valence-corrected chi connectivity index (χ3v) is 9.00. The summed E-state index contributed by atoms with van der Waals surface area (Å²) in [5, 5.41) is 36.1. The molecule has 6 rings (SSSR count). The van der Waals surface area contributed by atoms with Crippen LogP contribution in [0, 0.1) is 22.7 Å². The van der Waals surface area contributed by atoms with E-state index in [9.17, 15) is 29.7 Å². The van der Waals surface area contributed by atoms with Crippen LogP contribution in [-0.4, -0.2) is 47.2 Å². The molecule has 0 saturated heterocycles. The Morgan fingerprint density at radius 1 is 0.695 bits per heavy atom. The molecule has 0 fully saturated rings. The number of hydrogen-bond donors (Lipinski definition) is 2. The first-order valence-corrected chi connectivity index (χ1v) is 17.7. The third-order valence-electron chi connectivity index (χ3n) is 7.24. The van der Waals surface area contributed by atoms with Crippen LogP contribution in [0.4, 0.5) is 0 Å². The van der Waals surface area contributed by atoms with E-state index in [2.05, 4.69) is 32.3 Å². The topological polar surface area (TPSA) is 263 Å². The summed E-state index contributed by atoms with van der Waals surface area (Å²) in [7, 11) is 0. The van der Waals surface area contributed by atoms with E-state index in [0.717, 1.165) is 21.8 Å². The first-order valence-electron chi connectivity index (χ1n) is 15.4. The van der Waals surface area contributed by atoms with E-state index < -0.39 is 34.3 Å². The van der Waals surface area contributed by atoms with Crippen LogP contribution in [0.15, 0.2) is 104 Å². The Morgan fingerprint density at radius 2 is 1.05 bits per heavy atom. The zero-order valence-corrected chi connectivity index (χ0v) is 39.4. The molecule has 296 valence electrons. The predicted octanol–water partition coefficient (Wildman–Crippen LogP) is -0.293. The quantitative estimate of drug-likeness (QED) is 0.205. The van der Waals surface area contributed by atoms with Crippen molar-refractivity contribution in [2.24, 2.45) is 0 Å². The van der Waals surface area contributed by atoms with E-state index >= 15 is 0 Å². The fraction of sp³-hybridized carbons (Fsp3) is 0.111. The van der Waals surface area contributed by atoms with E-state index in [1.54, 1.807) is 55.5 Å². The van der Waals surface area contributed by atoms with Gasteiger partial charge < -0.3 is 25.7 Å². The maximum absolute atomic E-state index is 11.9. The van der Waals surface area contributed by atoms with Gasteiger partial charge in [-0.1, -0.05) is 93.9 Å². The van der Waals surface area contributed by atoms with Gasteiger partial charge in [-0.05, 0) is 72.3 Å². The van der Waals surface area contributed by atoms with Crippen molar-refractivity contribution in [3.05, 3.63) is 179 Å². The van der Waals surface area contributed by atoms with Crippen molar-refractivity contribution < 1.29 is 75.2 Å². The van der Waals surface area contributed by atoms with Gasteiger partial charge in [0.15, 0.2) is 11.2 Å². The van der Waals surface area contributed by atoms with Crippen molar-refractivity contribution in [3.8, 4) is 23.5 Å². The Kier molecular flexibility index (Phi) is 24.7. The number of halogens is 6. The third kappa shape index (κ3) is 14.4. The standard InChI is InChI=1S/2C17H9Cl3N4O2.C2H6O.2Na.2H2O/c2*18-10-3-1-9(2-4-10)12(7-21)16-13(19)5-11(6-14(16)20)24-17(26)23-15(25)8-22-24;1-2-3;;;;/h2*1-6,8,12H,(H,23,25,26);3H,2H2,1H3;;;2*1H2/q;;;2*+1;;/p-2. The summed E-state index contributed by atoms with van der Waals surface area (Å²) in [5.74, 6) is -1.45. The number of aromatic amines is 1. The molecule has 59 heavy (non-hydrogen) atoms. The van der Waals surface area contributed by atoms with Crippen LogP contribution in [0.5, 0.6) is 0 Å². The molecule has 6 aromatic rings. The second-order valence-corrected chi connectivity index (χ2v) is 13.3. The van der Waals surface area contributed by atoms with Crippen molar-refractivity contribution in [3.63, 3.8) is 0 Å². The van der Waals surface area contributed by atoms with Gasteiger partial charge in [-0.2, -0.15) is 20.3 Å². The summed E-state index contributed by atoms with van der Waals surface area (Å²) < 4.78 is 1.85. The Balaban J connectivity index is 0.00000100. The summed E-state index contributed by atoms with van der Waals surface area (Å²) >= 11 is 37.1. The number of nitrogens with one attached hydrogen (secondary N) is 1. The van der Waals surface area contributed by atoms with Gasteiger partial charge in [-0.3, -0.25) is 24.5 Å². The molecular weight excluding hydrogens is 915 g/mol. The minimum atomic E-state index is -0.855. The molecule has 2 unspecified atom stereocenters. The summed E-state index contributed by atoms with van der Waals surface area (Å²) in [6, 6.07) is 23.6. The van der Waals surface area contributed by atoms with Gasteiger partial charge in [-0.25, -0.2) is 4.79 Å². The Hall–Kier alpha value is -3.30. The minimum absolute atomic E-state index is 0. The number of aliphatic hydroxyl groups excluding tert-OH is 1. The van der Waals surface area contributed by atoms with Gasteiger partial charge in [0.1, 0.15) is 6.20 Å². The molecule has 0 amide bonds. The van der Waals surface area contributed by atoms with Crippen molar-refractivity contribution in [2.45, 2.75) is 18.8 Å². The zero-order valence-electron chi connectivity index (χ0n) is 30.9. The van der Waals surface area contributed by atoms with Gasteiger partial charge in [0, 0.05) is 47.9 Å². The predicted molar refractivity (Wildman–Crippen MR) is 216 cm³/mol. The maximum atomic E-state index is 11.9. The molecule has 2 heterocycles. The molecule has 0 aliphatic carbocycles. The molecule has 2 atom stereocenters. The first kappa shape index (κ1) is 55.7. The molecule has 0 bridgehead atoms. The molecule has 0 aliphatic heterocycles. The van der Waals surface area contributed by atoms with E-state index in [1.165, 1.54) is 24.3 Å². The van der Waals surface area contributed by atoms with E-state index in [4.69, 9.17) is 74.7 Å². The largest absolute Gasteiger partial charge is 1.00 e. The van der Waals surface area contributed by atoms with Gasteiger partial charge in [0.2, 0.25) is 0 Å². The summed E-state index contributed by atoms with van der Waals surface area (Å²) in [6.45, 7) is 1.93. The van der Waals surface area contributed by atoms with E-state index in [0.29, 0.717) is 32.3 Å². The van der Waals surface area contributed by atoms with Crippen LogP contribution >= 0.6 is 69.6 Å². The molecule has 2 aromatic heterocycles. The summed E-state index contributed by atoms with van der Waals surface area (Å²) in [6.07, 6.45) is 1.87. The summed E-state index contributed by atoms with van der Waals surface area (Å²) in [4.78, 5) is 51.3. The summed E-state index contributed by atoms with van der Waals surface area (Å²) in [5.41, 5.74) is -0.318. The Labute approximate surface area is 408 Å². The normalized spacial score (nSPS) is 10.7. The van der Waals surface area contributed by atoms with Gasteiger partial charge >= 0.3 is 64.8 Å². The van der Waals surface area contributed by atoms with Crippen molar-refractivity contribution in [1.29, 1.82) is 10.5 Å². The number of aromatic nitrogens is 6. The molecular formula is C36H26Cl6N8Na2O7. The van der Waals surface area contributed by atoms with Crippen LogP contribution in [0.2, 0.25) is 30.1 Å². The van der Waals surface area contributed by atoms with Crippen molar-refractivity contribution in [2.75, 3.05) is 6.61 Å². The SMILES string of the molecule is CCO.N#CC(c1ccc(Cl)cc1)c1c(Cl)cc(-n2ncc(=O)[n-]c2=O)cc1Cl.N#CC(c1ccc(Cl)cc1)c1c(Cl)cc(-n2ncc(=O)[nH]c2=O)cc1Cl.O.[Na+].[Na+].[OH-]. The van der Waals surface area contributed by atoms with Crippen molar-refractivity contribution >= 4 is 69.6 Å². The van der Waals surface area contributed by atoms with E-state index in [1.807, 2.05) is 0 Å². The fourth-order valence-corrected chi connectivity index (χ4v) is 6.54. The number of H-pyrrole nitrogens is 1. The number of benzene rings is 4. The molecule has 15 nitrogen and oxygen atoms in total. The molecule has 0 aliphatic rings. The van der Waals surface area contributed by atoms with Crippen LogP contribution in [0.1, 0.15) is 41.0 Å². The van der Waals surface area contributed by atoms with E-state index in [-0.39, 0.29) is 108 Å². The average molecular weight is 941 g/mol. The van der Waals surface area contributed by atoms with Crippen LogP contribution < -0.4 is 86.6 Å². The molecule has 0 spiro atoms. The molecule has 5 N–H and O–H groups in total. The number of aliphatic hydroxyl groups is 1. The van der Waals surface area contributed by atoms with Crippen LogP contribution in [-0.2, 0) is 0 Å². The van der Waals surface area contributed by atoms with Gasteiger partial charge in [-0.15, -0.1) is 0 Å². The second kappa shape index (κ2) is 26.1.